The third kappa shape index (κ3) is 4.15. The quantitative estimate of drug-likeness (QED) is 0.484. The van der Waals surface area contributed by atoms with Crippen molar-refractivity contribution in [3.05, 3.63) is 46.5 Å². The molecule has 0 bridgehead atoms. The third-order valence-electron chi connectivity index (χ3n) is 7.29. The summed E-state index contributed by atoms with van der Waals surface area (Å²) in [6.45, 7) is 9.57. The Morgan fingerprint density at radius 1 is 1.19 bits per heavy atom. The van der Waals surface area contributed by atoms with Gasteiger partial charge in [-0.2, -0.15) is 0 Å². The smallest absolute Gasteiger partial charge is 0.233 e. The third-order valence-corrected chi connectivity index (χ3v) is 7.29. The van der Waals surface area contributed by atoms with Gasteiger partial charge in [-0.25, -0.2) is 0 Å². The minimum atomic E-state index is -0.245. The van der Waals surface area contributed by atoms with Gasteiger partial charge in [0.25, 0.3) is 0 Å². The van der Waals surface area contributed by atoms with Crippen LogP contribution in [0.15, 0.2) is 41.0 Å². The van der Waals surface area contributed by atoms with Crippen molar-refractivity contribution in [3.8, 4) is 5.75 Å². The summed E-state index contributed by atoms with van der Waals surface area (Å²) in [5.41, 5.74) is 4.96. The number of phenols is 1. The van der Waals surface area contributed by atoms with Crippen LogP contribution in [0.4, 0.5) is 0 Å². The molecule has 2 amide bonds. The monoisotopic (exact) mass is 437 g/mol. The lowest BCUT2D eigenvalue weighted by Gasteiger charge is -2.33. The molecule has 172 valence electrons. The average Bonchev–Trinajstić information content (AvgIpc) is 3.28. The van der Waals surface area contributed by atoms with Crippen LogP contribution in [0.3, 0.4) is 0 Å². The summed E-state index contributed by atoms with van der Waals surface area (Å²) in [5.74, 6) is 0.232. The zero-order valence-electron chi connectivity index (χ0n) is 19.6. The fourth-order valence-corrected chi connectivity index (χ4v) is 5.75. The number of carbonyl (C=O) groups excluding carboxylic acids is 2. The first kappa shape index (κ1) is 22.8. The Kier molecular flexibility index (Phi) is 6.57. The zero-order valence-corrected chi connectivity index (χ0v) is 19.6. The van der Waals surface area contributed by atoms with Crippen molar-refractivity contribution in [3.63, 3.8) is 0 Å². The van der Waals surface area contributed by atoms with Crippen molar-refractivity contribution in [2.75, 3.05) is 13.2 Å². The minimum Gasteiger partial charge on any atom is -0.508 e. The molecule has 1 N–H and O–H groups in total. The van der Waals surface area contributed by atoms with E-state index in [0.717, 1.165) is 24.8 Å². The topological polar surface area (TPSA) is 66.8 Å². The van der Waals surface area contributed by atoms with Gasteiger partial charge in [0.15, 0.2) is 0 Å². The van der Waals surface area contributed by atoms with Crippen LogP contribution >= 0.6 is 0 Å². The summed E-state index contributed by atoms with van der Waals surface area (Å²) in [5, 5.41) is 9.47. The number of aromatic hydroxyl groups is 1. The molecule has 0 saturated carbocycles. The highest BCUT2D eigenvalue weighted by molar-refractivity contribution is 6.05. The average molecular weight is 438 g/mol. The molecule has 1 aliphatic carbocycles. The number of amides is 2. The number of benzene rings is 1. The fourth-order valence-electron chi connectivity index (χ4n) is 5.75. The number of allylic oxidation sites excluding steroid dienone is 2. The molecule has 3 aliphatic rings. The van der Waals surface area contributed by atoms with Gasteiger partial charge in [0.2, 0.25) is 11.8 Å². The molecule has 5 heteroatoms. The maximum absolute atomic E-state index is 13.2. The van der Waals surface area contributed by atoms with E-state index in [-0.39, 0.29) is 41.4 Å². The first-order valence-corrected chi connectivity index (χ1v) is 12.0. The van der Waals surface area contributed by atoms with E-state index >= 15 is 0 Å². The number of nitrogens with zero attached hydrogens (tertiary/aromatic N) is 1. The lowest BCUT2D eigenvalue weighted by Crippen LogP contribution is -2.35. The van der Waals surface area contributed by atoms with Gasteiger partial charge in [-0.3, -0.25) is 14.5 Å². The van der Waals surface area contributed by atoms with Gasteiger partial charge >= 0.3 is 0 Å². The normalized spacial score (nSPS) is 28.0. The largest absolute Gasteiger partial charge is 0.508 e. The number of hydrogen-bond acceptors (Lipinski definition) is 4. The van der Waals surface area contributed by atoms with E-state index < -0.39 is 0 Å². The number of fused-ring (bicyclic) bond motifs is 3. The number of likely N-dealkylation sites (tertiary alicyclic amines) is 1. The molecule has 4 atom stereocenters. The summed E-state index contributed by atoms with van der Waals surface area (Å²) >= 11 is 0. The van der Waals surface area contributed by atoms with Crippen LogP contribution in [0.2, 0.25) is 0 Å². The molecular formula is C27H35NO4. The molecule has 0 aromatic heterocycles. The molecule has 5 nitrogen and oxygen atoms in total. The Bertz CT molecular complexity index is 943. The van der Waals surface area contributed by atoms with E-state index in [0.29, 0.717) is 25.5 Å². The molecule has 2 fully saturated rings. The Balaban J connectivity index is 1.53. The van der Waals surface area contributed by atoms with Crippen molar-refractivity contribution in [1.82, 2.24) is 4.90 Å². The van der Waals surface area contributed by atoms with E-state index in [1.54, 1.807) is 12.1 Å². The first-order valence-electron chi connectivity index (χ1n) is 12.0. The molecule has 1 aromatic carbocycles. The number of imide groups is 1. The van der Waals surface area contributed by atoms with E-state index in [1.165, 1.54) is 21.6 Å². The summed E-state index contributed by atoms with van der Waals surface area (Å²) in [7, 11) is 0. The lowest BCUT2D eigenvalue weighted by molar-refractivity contribution is -0.140. The molecule has 0 radical (unpaired) electrons. The minimum absolute atomic E-state index is 0.0137. The van der Waals surface area contributed by atoms with E-state index in [4.69, 9.17) is 4.74 Å². The molecule has 0 unspecified atom stereocenters. The van der Waals surface area contributed by atoms with Gasteiger partial charge in [0, 0.05) is 12.5 Å². The Hall–Kier alpha value is -2.40. The van der Waals surface area contributed by atoms with Gasteiger partial charge < -0.3 is 9.84 Å². The molecule has 1 aromatic rings. The molecule has 2 saturated heterocycles. The highest BCUT2D eigenvalue weighted by Gasteiger charge is 2.56. The van der Waals surface area contributed by atoms with Crippen LogP contribution in [-0.2, 0) is 14.3 Å². The number of rotatable bonds is 7. The molecule has 32 heavy (non-hydrogen) atoms. The number of carbonyl (C=O) groups is 2. The van der Waals surface area contributed by atoms with Crippen molar-refractivity contribution < 1.29 is 19.4 Å². The van der Waals surface area contributed by atoms with Gasteiger partial charge in [0.05, 0.1) is 24.5 Å². The zero-order chi connectivity index (χ0) is 23.0. The van der Waals surface area contributed by atoms with E-state index in [1.807, 2.05) is 19.1 Å². The second-order valence-electron chi connectivity index (χ2n) is 9.85. The van der Waals surface area contributed by atoms with E-state index in [9.17, 15) is 14.7 Å². The Morgan fingerprint density at radius 2 is 1.91 bits per heavy atom. The lowest BCUT2D eigenvalue weighted by atomic mass is 9.67. The summed E-state index contributed by atoms with van der Waals surface area (Å²) < 4.78 is 6.28. The highest BCUT2D eigenvalue weighted by Crippen LogP contribution is 2.51. The van der Waals surface area contributed by atoms with Gasteiger partial charge in [0.1, 0.15) is 5.75 Å². The van der Waals surface area contributed by atoms with Crippen LogP contribution in [0, 0.1) is 23.7 Å². The molecule has 0 spiro atoms. The van der Waals surface area contributed by atoms with Crippen molar-refractivity contribution in [2.24, 2.45) is 23.7 Å². The highest BCUT2D eigenvalue weighted by atomic mass is 16.5. The molecule has 4 rings (SSSR count). The number of hydrogen-bond donors (Lipinski definition) is 1. The Morgan fingerprint density at radius 3 is 2.56 bits per heavy atom. The van der Waals surface area contributed by atoms with Gasteiger partial charge in [-0.15, -0.1) is 0 Å². The van der Waals surface area contributed by atoms with Crippen LogP contribution in [0.5, 0.6) is 5.75 Å². The van der Waals surface area contributed by atoms with Crippen LogP contribution in [0.1, 0.15) is 58.9 Å². The van der Waals surface area contributed by atoms with Crippen LogP contribution in [0.25, 0.3) is 6.08 Å². The standard InChI is InChI=1S/C27H35NO4/c1-5-12-28-26(30)21-14-20(16(2)3)24-22(25(21)27(28)31)15-32-23(24)11-6-17(4)13-18-7-9-19(29)10-8-18/h7-10,13,16,21-23,25,29H,5-6,11-12,14-15H2,1-4H3/b17-13+/t21-,22+,23-,25-/m1/s1. The second kappa shape index (κ2) is 9.22. The Labute approximate surface area is 191 Å². The summed E-state index contributed by atoms with van der Waals surface area (Å²) in [6, 6.07) is 7.21. The van der Waals surface area contributed by atoms with Crippen molar-refractivity contribution in [2.45, 2.75) is 59.5 Å². The predicted octanol–water partition coefficient (Wildman–Crippen LogP) is 4.96. The van der Waals surface area contributed by atoms with E-state index in [2.05, 4.69) is 26.8 Å². The van der Waals surface area contributed by atoms with Gasteiger partial charge in [-0.1, -0.05) is 50.1 Å². The number of phenolic OH excluding ortho intramolecular Hbond substituents is 1. The maximum Gasteiger partial charge on any atom is 0.233 e. The van der Waals surface area contributed by atoms with Crippen LogP contribution < -0.4 is 0 Å². The summed E-state index contributed by atoms with van der Waals surface area (Å²) in [6.07, 6.45) is 5.43. The SMILES string of the molecule is CCCN1C(=O)[C@@H]2[C@@H](CC(C(C)C)=C3[C@@H](CC/C(C)=C/c4ccc(O)cc4)OC[C@@H]32)C1=O. The van der Waals surface area contributed by atoms with Gasteiger partial charge in [-0.05, 0) is 61.8 Å². The van der Waals surface area contributed by atoms with Crippen LogP contribution in [-0.4, -0.2) is 41.1 Å². The maximum atomic E-state index is 13.2. The predicted molar refractivity (Wildman–Crippen MR) is 125 cm³/mol. The summed E-state index contributed by atoms with van der Waals surface area (Å²) in [4.78, 5) is 27.7. The second-order valence-corrected chi connectivity index (χ2v) is 9.85. The first-order chi connectivity index (χ1) is 15.3. The molecular weight excluding hydrogens is 402 g/mol. The molecule has 2 heterocycles. The van der Waals surface area contributed by atoms with Crippen molar-refractivity contribution in [1.29, 1.82) is 0 Å². The fraction of sp³-hybridized carbons (Fsp3) is 0.556. The molecule has 2 aliphatic heterocycles. The van der Waals surface area contributed by atoms with Crippen molar-refractivity contribution >= 4 is 17.9 Å². The number of ether oxygens (including phenoxy) is 1.